The van der Waals surface area contributed by atoms with Gasteiger partial charge in [-0.2, -0.15) is 0 Å². The monoisotopic (exact) mass is 324 g/mol. The predicted octanol–water partition coefficient (Wildman–Crippen LogP) is 0.806. The van der Waals surface area contributed by atoms with Gasteiger partial charge in [-0.05, 0) is 18.6 Å². The number of rotatable bonds is 5. The van der Waals surface area contributed by atoms with E-state index in [1.165, 1.54) is 4.90 Å². The maximum Gasteiger partial charge on any atom is 0.279 e. The summed E-state index contributed by atoms with van der Waals surface area (Å²) >= 11 is 6.03. The average Bonchev–Trinajstić information content (AvgIpc) is 2.50. The SMILES string of the molecule is CCCC(=O)N1CC[NH+](CC(=O)Nc2ccccc2Cl)CC1. The quantitative estimate of drug-likeness (QED) is 0.842. The lowest BCUT2D eigenvalue weighted by Gasteiger charge is -2.31. The number of carbonyl (C=O) groups excluding carboxylic acids is 2. The number of quaternary nitrogens is 1. The van der Waals surface area contributed by atoms with Crippen LogP contribution in [0.2, 0.25) is 5.02 Å². The highest BCUT2D eigenvalue weighted by atomic mass is 35.5. The molecule has 2 rings (SSSR count). The maximum absolute atomic E-state index is 12.1. The van der Waals surface area contributed by atoms with Crippen LogP contribution in [0.15, 0.2) is 24.3 Å². The first-order valence-electron chi connectivity index (χ1n) is 7.76. The molecule has 0 radical (unpaired) electrons. The summed E-state index contributed by atoms with van der Waals surface area (Å²) in [6.45, 7) is 5.50. The van der Waals surface area contributed by atoms with Crippen LogP contribution in [-0.2, 0) is 9.59 Å². The van der Waals surface area contributed by atoms with E-state index in [9.17, 15) is 9.59 Å². The highest BCUT2D eigenvalue weighted by molar-refractivity contribution is 6.33. The van der Waals surface area contributed by atoms with Crippen LogP contribution < -0.4 is 10.2 Å². The Labute approximate surface area is 136 Å². The minimum absolute atomic E-state index is 0.0450. The fraction of sp³-hybridized carbons (Fsp3) is 0.500. The zero-order valence-corrected chi connectivity index (χ0v) is 13.7. The fourth-order valence-electron chi connectivity index (χ4n) is 2.61. The fourth-order valence-corrected chi connectivity index (χ4v) is 2.79. The molecule has 0 bridgehead atoms. The highest BCUT2D eigenvalue weighted by Gasteiger charge is 2.24. The van der Waals surface area contributed by atoms with Crippen LogP contribution >= 0.6 is 11.6 Å². The Morgan fingerprint density at radius 3 is 2.59 bits per heavy atom. The number of carbonyl (C=O) groups is 2. The molecule has 5 nitrogen and oxygen atoms in total. The van der Waals surface area contributed by atoms with Crippen molar-refractivity contribution < 1.29 is 14.5 Å². The number of anilines is 1. The number of piperazine rings is 1. The van der Waals surface area contributed by atoms with Gasteiger partial charge in [0, 0.05) is 6.42 Å². The van der Waals surface area contributed by atoms with Gasteiger partial charge in [0.1, 0.15) is 0 Å². The predicted molar refractivity (Wildman–Crippen MR) is 87.1 cm³/mol. The highest BCUT2D eigenvalue weighted by Crippen LogP contribution is 2.19. The summed E-state index contributed by atoms with van der Waals surface area (Å²) in [5, 5.41) is 3.38. The van der Waals surface area contributed by atoms with Crippen molar-refractivity contribution in [3.63, 3.8) is 0 Å². The van der Waals surface area contributed by atoms with Crippen molar-refractivity contribution in [3.05, 3.63) is 29.3 Å². The van der Waals surface area contributed by atoms with Crippen molar-refractivity contribution in [3.8, 4) is 0 Å². The van der Waals surface area contributed by atoms with Crippen molar-refractivity contribution >= 4 is 29.1 Å². The van der Waals surface area contributed by atoms with Gasteiger partial charge in [-0.15, -0.1) is 0 Å². The Kier molecular flexibility index (Phi) is 6.21. The molecular formula is C16H23ClN3O2+. The molecule has 22 heavy (non-hydrogen) atoms. The molecule has 1 heterocycles. The molecule has 0 spiro atoms. The van der Waals surface area contributed by atoms with Crippen molar-refractivity contribution in [1.82, 2.24) is 4.90 Å². The lowest BCUT2D eigenvalue weighted by Crippen LogP contribution is -3.15. The van der Waals surface area contributed by atoms with E-state index >= 15 is 0 Å². The number of benzene rings is 1. The summed E-state index contributed by atoms with van der Waals surface area (Å²) in [4.78, 5) is 27.0. The third kappa shape index (κ3) is 4.71. The first-order chi connectivity index (χ1) is 10.6. The number of hydrogen-bond acceptors (Lipinski definition) is 2. The molecule has 1 aromatic carbocycles. The second-order valence-electron chi connectivity index (χ2n) is 5.59. The molecular weight excluding hydrogens is 302 g/mol. The van der Waals surface area contributed by atoms with Crippen molar-refractivity contribution in [2.45, 2.75) is 19.8 Å². The van der Waals surface area contributed by atoms with E-state index in [1.807, 2.05) is 24.0 Å². The van der Waals surface area contributed by atoms with Crippen LogP contribution in [0.5, 0.6) is 0 Å². The molecule has 0 aromatic heterocycles. The average molecular weight is 325 g/mol. The summed E-state index contributed by atoms with van der Waals surface area (Å²) in [6, 6.07) is 7.21. The molecule has 1 aliphatic heterocycles. The maximum atomic E-state index is 12.1. The minimum Gasteiger partial charge on any atom is -0.331 e. The summed E-state index contributed by atoms with van der Waals surface area (Å²) in [7, 11) is 0. The Hall–Kier alpha value is -1.59. The largest absolute Gasteiger partial charge is 0.331 e. The molecule has 0 atom stereocenters. The summed E-state index contributed by atoms with van der Waals surface area (Å²) in [5.74, 6) is 0.179. The molecule has 6 heteroatoms. The molecule has 2 N–H and O–H groups in total. The lowest BCUT2D eigenvalue weighted by atomic mass is 10.2. The molecule has 1 aliphatic rings. The standard InChI is InChI=1S/C16H22ClN3O2/c1-2-5-16(22)20-10-8-19(9-11-20)12-15(21)18-14-7-4-3-6-13(14)17/h3-4,6-7H,2,5,8-12H2,1H3,(H,18,21)/p+1. The number of amides is 2. The Bertz CT molecular complexity index is 528. The molecule has 0 unspecified atom stereocenters. The van der Waals surface area contributed by atoms with E-state index in [4.69, 9.17) is 11.6 Å². The smallest absolute Gasteiger partial charge is 0.279 e. The first-order valence-corrected chi connectivity index (χ1v) is 8.13. The zero-order valence-electron chi connectivity index (χ0n) is 12.9. The number of halogens is 1. The van der Waals surface area contributed by atoms with Crippen molar-refractivity contribution in [2.24, 2.45) is 0 Å². The summed E-state index contributed by atoms with van der Waals surface area (Å²) in [6.07, 6.45) is 1.49. The van der Waals surface area contributed by atoms with Gasteiger partial charge in [0.25, 0.3) is 5.91 Å². The Morgan fingerprint density at radius 2 is 1.95 bits per heavy atom. The normalized spacial score (nSPS) is 15.6. The molecule has 1 fully saturated rings. The topological polar surface area (TPSA) is 53.9 Å². The van der Waals surface area contributed by atoms with Crippen LogP contribution in [0.25, 0.3) is 0 Å². The second-order valence-corrected chi connectivity index (χ2v) is 5.99. The van der Waals surface area contributed by atoms with E-state index in [2.05, 4.69) is 5.32 Å². The number of para-hydroxylation sites is 1. The van der Waals surface area contributed by atoms with Gasteiger partial charge >= 0.3 is 0 Å². The summed E-state index contributed by atoms with van der Waals surface area (Å²) in [5.41, 5.74) is 0.644. The van der Waals surface area contributed by atoms with E-state index in [1.54, 1.807) is 12.1 Å². The van der Waals surface area contributed by atoms with E-state index in [0.29, 0.717) is 23.7 Å². The van der Waals surface area contributed by atoms with Gasteiger partial charge < -0.3 is 15.1 Å². The van der Waals surface area contributed by atoms with Gasteiger partial charge in [-0.1, -0.05) is 30.7 Å². The zero-order chi connectivity index (χ0) is 15.9. The Morgan fingerprint density at radius 1 is 1.27 bits per heavy atom. The van der Waals surface area contributed by atoms with E-state index in [0.717, 1.165) is 32.6 Å². The molecule has 0 saturated carbocycles. The molecule has 0 aliphatic carbocycles. The van der Waals surface area contributed by atoms with Gasteiger partial charge in [-0.25, -0.2) is 0 Å². The van der Waals surface area contributed by atoms with E-state index in [-0.39, 0.29) is 11.8 Å². The molecule has 1 saturated heterocycles. The van der Waals surface area contributed by atoms with Crippen molar-refractivity contribution in [2.75, 3.05) is 38.0 Å². The van der Waals surface area contributed by atoms with Gasteiger partial charge in [-0.3, -0.25) is 9.59 Å². The molecule has 2 amide bonds. The third-order valence-electron chi connectivity index (χ3n) is 3.85. The van der Waals surface area contributed by atoms with Gasteiger partial charge in [0.2, 0.25) is 5.91 Å². The van der Waals surface area contributed by atoms with E-state index < -0.39 is 0 Å². The van der Waals surface area contributed by atoms with Gasteiger partial charge in [0.15, 0.2) is 6.54 Å². The van der Waals surface area contributed by atoms with Crippen LogP contribution in [0.3, 0.4) is 0 Å². The van der Waals surface area contributed by atoms with Crippen LogP contribution in [0.1, 0.15) is 19.8 Å². The first kappa shape index (κ1) is 16.8. The van der Waals surface area contributed by atoms with Crippen LogP contribution in [0, 0.1) is 0 Å². The number of nitrogens with one attached hydrogen (secondary N) is 2. The molecule has 120 valence electrons. The van der Waals surface area contributed by atoms with Crippen LogP contribution in [-0.4, -0.2) is 49.4 Å². The molecule has 1 aromatic rings. The summed E-state index contributed by atoms with van der Waals surface area (Å²) < 4.78 is 0. The number of nitrogens with zero attached hydrogens (tertiary/aromatic N) is 1. The number of hydrogen-bond donors (Lipinski definition) is 2. The third-order valence-corrected chi connectivity index (χ3v) is 4.18. The van der Waals surface area contributed by atoms with Crippen LogP contribution in [0.4, 0.5) is 5.69 Å². The van der Waals surface area contributed by atoms with Crippen molar-refractivity contribution in [1.29, 1.82) is 0 Å². The minimum atomic E-state index is -0.0450. The Balaban J connectivity index is 1.77. The second kappa shape index (κ2) is 8.15. The van der Waals surface area contributed by atoms with Gasteiger partial charge in [0.05, 0.1) is 36.9 Å². The lowest BCUT2D eigenvalue weighted by molar-refractivity contribution is -0.895.